The van der Waals surface area contributed by atoms with Crippen molar-refractivity contribution in [3.63, 3.8) is 0 Å². The van der Waals surface area contributed by atoms with E-state index in [9.17, 15) is 0 Å². The van der Waals surface area contributed by atoms with Gasteiger partial charge in [-0.1, -0.05) is 12.1 Å². The smallest absolute Gasteiger partial charge is 0.0994 e. The Kier molecular flexibility index (Phi) is 5.13. The monoisotopic (exact) mass is 196 g/mol. The molecule has 1 rings (SSSR count). The van der Waals surface area contributed by atoms with Gasteiger partial charge in [0.25, 0.3) is 0 Å². The molecule has 0 fully saturated rings. The number of nitrogens with two attached hydrogens (primary N) is 1. The standard InChI is InChI=1S/C10H12N2.ClH/c1-8-2-3-9(4-5-11)6-10(8)7-12;/h2-3,6H,4-5,11H2,1H3;1H. The minimum atomic E-state index is 0. The van der Waals surface area contributed by atoms with Crippen molar-refractivity contribution in [1.82, 2.24) is 0 Å². The summed E-state index contributed by atoms with van der Waals surface area (Å²) in [6.07, 6.45) is 0.842. The number of nitriles is 1. The molecule has 0 atom stereocenters. The van der Waals surface area contributed by atoms with Gasteiger partial charge in [-0.3, -0.25) is 0 Å². The van der Waals surface area contributed by atoms with Crippen LogP contribution in [0.15, 0.2) is 18.2 Å². The average Bonchev–Trinajstić information content (AvgIpc) is 2.09. The molecule has 2 nitrogen and oxygen atoms in total. The molecule has 1 aromatic rings. The van der Waals surface area contributed by atoms with Crippen LogP contribution in [0, 0.1) is 18.3 Å². The van der Waals surface area contributed by atoms with Gasteiger partial charge in [-0.15, -0.1) is 12.4 Å². The molecule has 0 radical (unpaired) electrons. The Bertz CT molecular complexity index is 315. The van der Waals surface area contributed by atoms with E-state index in [1.165, 1.54) is 0 Å². The highest BCUT2D eigenvalue weighted by Gasteiger charge is 1.97. The van der Waals surface area contributed by atoms with Crippen LogP contribution in [0.2, 0.25) is 0 Å². The topological polar surface area (TPSA) is 49.8 Å². The van der Waals surface area contributed by atoms with Gasteiger partial charge in [0.1, 0.15) is 0 Å². The molecule has 0 unspecified atom stereocenters. The fourth-order valence-electron chi connectivity index (χ4n) is 1.11. The minimum Gasteiger partial charge on any atom is -0.330 e. The van der Waals surface area contributed by atoms with E-state index in [1.54, 1.807) is 0 Å². The molecular weight excluding hydrogens is 184 g/mol. The predicted octanol–water partition coefficient (Wildman–Crippen LogP) is 1.79. The Hall–Kier alpha value is -1.04. The van der Waals surface area contributed by atoms with E-state index < -0.39 is 0 Å². The second-order valence-corrected chi connectivity index (χ2v) is 2.80. The van der Waals surface area contributed by atoms with Crippen molar-refractivity contribution in [2.24, 2.45) is 5.73 Å². The van der Waals surface area contributed by atoms with E-state index in [-0.39, 0.29) is 12.4 Å². The molecule has 0 aromatic heterocycles. The summed E-state index contributed by atoms with van der Waals surface area (Å²) < 4.78 is 0. The fourth-order valence-corrected chi connectivity index (χ4v) is 1.11. The third-order valence-electron chi connectivity index (χ3n) is 1.86. The van der Waals surface area contributed by atoms with Gasteiger partial charge in [-0.05, 0) is 37.1 Å². The van der Waals surface area contributed by atoms with Crippen molar-refractivity contribution in [3.8, 4) is 6.07 Å². The van der Waals surface area contributed by atoms with Crippen molar-refractivity contribution < 1.29 is 0 Å². The maximum absolute atomic E-state index is 8.73. The van der Waals surface area contributed by atoms with Crippen LogP contribution in [0.4, 0.5) is 0 Å². The van der Waals surface area contributed by atoms with E-state index in [0.717, 1.165) is 23.1 Å². The second kappa shape index (κ2) is 5.58. The summed E-state index contributed by atoms with van der Waals surface area (Å²) in [5.74, 6) is 0. The molecule has 0 saturated carbocycles. The summed E-state index contributed by atoms with van der Waals surface area (Å²) in [5.41, 5.74) is 8.32. The molecular formula is C10H13ClN2. The van der Waals surface area contributed by atoms with Crippen LogP contribution in [-0.2, 0) is 6.42 Å². The Morgan fingerprint density at radius 2 is 2.15 bits per heavy atom. The van der Waals surface area contributed by atoms with Crippen LogP contribution in [0.25, 0.3) is 0 Å². The summed E-state index contributed by atoms with van der Waals surface area (Å²) in [4.78, 5) is 0. The first-order valence-corrected chi connectivity index (χ1v) is 3.97. The van der Waals surface area contributed by atoms with Crippen molar-refractivity contribution in [3.05, 3.63) is 34.9 Å². The first kappa shape index (κ1) is 12.0. The van der Waals surface area contributed by atoms with E-state index in [1.807, 2.05) is 25.1 Å². The van der Waals surface area contributed by atoms with Crippen molar-refractivity contribution in [2.45, 2.75) is 13.3 Å². The SMILES string of the molecule is Cc1ccc(CCN)cc1C#N.Cl. The van der Waals surface area contributed by atoms with E-state index in [2.05, 4.69) is 6.07 Å². The zero-order chi connectivity index (χ0) is 8.97. The predicted molar refractivity (Wildman–Crippen MR) is 55.9 cm³/mol. The second-order valence-electron chi connectivity index (χ2n) is 2.80. The third kappa shape index (κ3) is 3.06. The molecule has 0 heterocycles. The largest absolute Gasteiger partial charge is 0.330 e. The lowest BCUT2D eigenvalue weighted by atomic mass is 10.0. The minimum absolute atomic E-state index is 0. The van der Waals surface area contributed by atoms with Gasteiger partial charge in [-0.25, -0.2) is 0 Å². The third-order valence-corrected chi connectivity index (χ3v) is 1.86. The number of halogens is 1. The molecule has 0 amide bonds. The van der Waals surface area contributed by atoms with Gasteiger partial charge in [0.05, 0.1) is 11.6 Å². The molecule has 70 valence electrons. The normalized spacial score (nSPS) is 8.69. The molecule has 0 bridgehead atoms. The van der Waals surface area contributed by atoms with Gasteiger partial charge in [0.15, 0.2) is 0 Å². The highest BCUT2D eigenvalue weighted by atomic mass is 35.5. The first-order valence-electron chi connectivity index (χ1n) is 3.97. The summed E-state index contributed by atoms with van der Waals surface area (Å²) in [5, 5.41) is 8.73. The van der Waals surface area contributed by atoms with Crippen LogP contribution in [0.5, 0.6) is 0 Å². The van der Waals surface area contributed by atoms with Crippen LogP contribution in [0.3, 0.4) is 0 Å². The highest BCUT2D eigenvalue weighted by Crippen LogP contribution is 2.09. The van der Waals surface area contributed by atoms with Crippen molar-refractivity contribution in [2.75, 3.05) is 6.54 Å². The van der Waals surface area contributed by atoms with Crippen LogP contribution < -0.4 is 5.73 Å². The summed E-state index contributed by atoms with van der Waals surface area (Å²) in [7, 11) is 0. The molecule has 3 heteroatoms. The van der Waals surface area contributed by atoms with E-state index >= 15 is 0 Å². The van der Waals surface area contributed by atoms with Crippen molar-refractivity contribution >= 4 is 12.4 Å². The molecule has 0 aliphatic carbocycles. The summed E-state index contributed by atoms with van der Waals surface area (Å²) >= 11 is 0. The number of hydrogen-bond donors (Lipinski definition) is 1. The van der Waals surface area contributed by atoms with E-state index in [0.29, 0.717) is 6.54 Å². The lowest BCUT2D eigenvalue weighted by Gasteiger charge is -2.01. The molecule has 0 spiro atoms. The molecule has 2 N–H and O–H groups in total. The lowest BCUT2D eigenvalue weighted by molar-refractivity contribution is 0.967. The van der Waals surface area contributed by atoms with Crippen molar-refractivity contribution in [1.29, 1.82) is 5.26 Å². The molecule has 0 saturated heterocycles. The Labute approximate surface area is 84.8 Å². The quantitative estimate of drug-likeness (QED) is 0.784. The first-order chi connectivity index (χ1) is 5.77. The Balaban J connectivity index is 0.00000144. The maximum Gasteiger partial charge on any atom is 0.0994 e. The van der Waals surface area contributed by atoms with Gasteiger partial charge in [-0.2, -0.15) is 5.26 Å². The van der Waals surface area contributed by atoms with Crippen LogP contribution >= 0.6 is 12.4 Å². The number of benzene rings is 1. The fraction of sp³-hybridized carbons (Fsp3) is 0.300. The average molecular weight is 197 g/mol. The zero-order valence-electron chi connectivity index (χ0n) is 7.58. The Morgan fingerprint density at radius 1 is 1.46 bits per heavy atom. The van der Waals surface area contributed by atoms with Gasteiger partial charge in [0, 0.05) is 0 Å². The molecule has 0 aliphatic heterocycles. The number of hydrogen-bond acceptors (Lipinski definition) is 2. The highest BCUT2D eigenvalue weighted by molar-refractivity contribution is 5.85. The van der Waals surface area contributed by atoms with Gasteiger partial charge in [0.2, 0.25) is 0 Å². The molecule has 1 aromatic carbocycles. The van der Waals surface area contributed by atoms with Gasteiger partial charge < -0.3 is 5.73 Å². The molecule has 0 aliphatic rings. The molecule has 13 heavy (non-hydrogen) atoms. The lowest BCUT2D eigenvalue weighted by Crippen LogP contribution is -2.02. The van der Waals surface area contributed by atoms with Gasteiger partial charge >= 0.3 is 0 Å². The summed E-state index contributed by atoms with van der Waals surface area (Å²) in [6.45, 7) is 2.57. The zero-order valence-corrected chi connectivity index (χ0v) is 8.40. The van der Waals surface area contributed by atoms with E-state index in [4.69, 9.17) is 11.0 Å². The number of nitrogens with zero attached hydrogens (tertiary/aromatic N) is 1. The van der Waals surface area contributed by atoms with Crippen LogP contribution in [-0.4, -0.2) is 6.54 Å². The van der Waals surface area contributed by atoms with Crippen LogP contribution in [0.1, 0.15) is 16.7 Å². The maximum atomic E-state index is 8.73. The number of aryl methyl sites for hydroxylation is 1. The summed E-state index contributed by atoms with van der Waals surface area (Å²) in [6, 6.07) is 8.04. The Morgan fingerprint density at radius 3 is 2.69 bits per heavy atom. The number of rotatable bonds is 2.